The normalized spacial score (nSPS) is 15.9. The Kier molecular flexibility index (Phi) is 3.31. The van der Waals surface area contributed by atoms with E-state index in [1.54, 1.807) is 27.4 Å². The van der Waals surface area contributed by atoms with Gasteiger partial charge in [-0.15, -0.1) is 0 Å². The second-order valence-corrected chi connectivity index (χ2v) is 8.13. The third kappa shape index (κ3) is 2.34. The second-order valence-electron chi connectivity index (χ2n) is 7.70. The number of hydrogen-bond acceptors (Lipinski definition) is 5. The van der Waals surface area contributed by atoms with E-state index in [9.17, 15) is 4.79 Å². The van der Waals surface area contributed by atoms with E-state index in [-0.39, 0.29) is 22.9 Å². The molecule has 7 nitrogen and oxygen atoms in total. The Balaban J connectivity index is 1.83. The smallest absolute Gasteiger partial charge is 0.279 e. The predicted octanol–water partition coefficient (Wildman–Crippen LogP) is 3.99. The summed E-state index contributed by atoms with van der Waals surface area (Å²) in [5.41, 5.74) is 2.26. The van der Waals surface area contributed by atoms with Gasteiger partial charge in [-0.3, -0.25) is 9.20 Å². The summed E-state index contributed by atoms with van der Waals surface area (Å²) in [5.74, 6) is 0.955. The first-order valence-electron chi connectivity index (χ1n) is 8.94. The van der Waals surface area contributed by atoms with Crippen molar-refractivity contribution in [2.45, 2.75) is 45.1 Å². The third-order valence-electron chi connectivity index (χ3n) is 5.33. The minimum Gasteiger partial charge on any atom is -0.332 e. The van der Waals surface area contributed by atoms with Crippen molar-refractivity contribution in [3.63, 3.8) is 0 Å². The molecule has 1 aromatic carbocycles. The van der Waals surface area contributed by atoms with Crippen molar-refractivity contribution < 1.29 is 4.52 Å². The van der Waals surface area contributed by atoms with E-state index in [1.165, 1.54) is 0 Å². The zero-order chi connectivity index (χ0) is 18.9. The molecule has 4 aromatic rings. The van der Waals surface area contributed by atoms with Crippen LogP contribution in [0.2, 0.25) is 5.02 Å². The first-order chi connectivity index (χ1) is 12.9. The maximum Gasteiger partial charge on any atom is 0.279 e. The van der Waals surface area contributed by atoms with Crippen LogP contribution < -0.4 is 5.56 Å². The molecule has 0 spiro atoms. The predicted molar refractivity (Wildman–Crippen MR) is 102 cm³/mol. The van der Waals surface area contributed by atoms with Gasteiger partial charge in [0, 0.05) is 16.5 Å². The maximum atomic E-state index is 13.3. The first-order valence-corrected chi connectivity index (χ1v) is 9.32. The Labute approximate surface area is 159 Å². The standard InChI is InChI=1S/C19H18ClN5O2/c1-10(2)25-13-8-11(20)4-5-12(13)24-9-21-14(15(24)17(25)26)16-22-18(23-27-16)19(3)6-7-19/h4-5,8-10H,6-7H2,1-3H3. The molecule has 3 aromatic heterocycles. The average molecular weight is 384 g/mol. The van der Waals surface area contributed by atoms with Gasteiger partial charge in [0.25, 0.3) is 11.4 Å². The summed E-state index contributed by atoms with van der Waals surface area (Å²) in [6, 6.07) is 5.45. The summed E-state index contributed by atoms with van der Waals surface area (Å²) in [7, 11) is 0. The van der Waals surface area contributed by atoms with E-state index >= 15 is 0 Å². The summed E-state index contributed by atoms with van der Waals surface area (Å²) in [5, 5.41) is 4.69. The third-order valence-corrected chi connectivity index (χ3v) is 5.57. The number of fused-ring (bicyclic) bond motifs is 3. The highest BCUT2D eigenvalue weighted by molar-refractivity contribution is 6.31. The molecule has 0 bridgehead atoms. The van der Waals surface area contributed by atoms with E-state index in [4.69, 9.17) is 16.1 Å². The highest BCUT2D eigenvalue weighted by atomic mass is 35.5. The fraction of sp³-hybridized carbons (Fsp3) is 0.368. The molecule has 1 aliphatic rings. The zero-order valence-electron chi connectivity index (χ0n) is 15.2. The lowest BCUT2D eigenvalue weighted by Gasteiger charge is -2.15. The van der Waals surface area contributed by atoms with Crippen LogP contribution in [0.1, 0.15) is 45.5 Å². The van der Waals surface area contributed by atoms with Gasteiger partial charge in [0.05, 0.1) is 11.0 Å². The number of hydrogen-bond donors (Lipinski definition) is 0. The highest BCUT2D eigenvalue weighted by Crippen LogP contribution is 2.46. The molecule has 0 amide bonds. The average Bonchev–Trinajstić information content (AvgIpc) is 3.05. The summed E-state index contributed by atoms with van der Waals surface area (Å²) in [4.78, 5) is 22.3. The van der Waals surface area contributed by atoms with Crippen molar-refractivity contribution in [1.29, 1.82) is 0 Å². The Morgan fingerprint density at radius 2 is 2.04 bits per heavy atom. The number of rotatable bonds is 3. The molecule has 1 fully saturated rings. The van der Waals surface area contributed by atoms with Crippen LogP contribution in [0.15, 0.2) is 33.8 Å². The molecule has 0 atom stereocenters. The summed E-state index contributed by atoms with van der Waals surface area (Å²) in [6.07, 6.45) is 3.71. The van der Waals surface area contributed by atoms with Gasteiger partial charge in [0.2, 0.25) is 0 Å². The van der Waals surface area contributed by atoms with Gasteiger partial charge in [0.1, 0.15) is 11.8 Å². The maximum absolute atomic E-state index is 13.3. The molecule has 27 heavy (non-hydrogen) atoms. The van der Waals surface area contributed by atoms with Gasteiger partial charge in [0.15, 0.2) is 11.5 Å². The van der Waals surface area contributed by atoms with Crippen molar-refractivity contribution in [1.82, 2.24) is 24.1 Å². The SMILES string of the molecule is CC(C)n1c(=O)c2c(-c3nc(C4(C)CC4)no3)ncn2c2ccc(Cl)cc21. The molecule has 3 heterocycles. The number of aromatic nitrogens is 5. The number of halogens is 1. The topological polar surface area (TPSA) is 78.2 Å². The van der Waals surface area contributed by atoms with Crippen LogP contribution in [0.5, 0.6) is 0 Å². The molecule has 1 saturated carbocycles. The van der Waals surface area contributed by atoms with Crippen LogP contribution in [0.4, 0.5) is 0 Å². The Bertz CT molecular complexity index is 1260. The number of benzene rings is 1. The molecule has 0 aliphatic heterocycles. The fourth-order valence-corrected chi connectivity index (χ4v) is 3.66. The van der Waals surface area contributed by atoms with Crippen molar-refractivity contribution in [2.24, 2.45) is 0 Å². The molecule has 138 valence electrons. The molecule has 1 aliphatic carbocycles. The van der Waals surface area contributed by atoms with Crippen LogP contribution in [0.25, 0.3) is 28.1 Å². The lowest BCUT2D eigenvalue weighted by Crippen LogP contribution is -2.24. The summed E-state index contributed by atoms with van der Waals surface area (Å²) in [6.45, 7) is 6.04. The molecule has 0 N–H and O–H groups in total. The lowest BCUT2D eigenvalue weighted by molar-refractivity contribution is 0.415. The van der Waals surface area contributed by atoms with E-state index in [2.05, 4.69) is 22.0 Å². The molecular formula is C19H18ClN5O2. The van der Waals surface area contributed by atoms with Gasteiger partial charge in [-0.25, -0.2) is 4.98 Å². The monoisotopic (exact) mass is 383 g/mol. The largest absolute Gasteiger partial charge is 0.332 e. The van der Waals surface area contributed by atoms with Crippen molar-refractivity contribution in [3.05, 3.63) is 45.7 Å². The Hall–Kier alpha value is -2.67. The molecule has 0 saturated heterocycles. The van der Waals surface area contributed by atoms with Crippen molar-refractivity contribution in [3.8, 4) is 11.6 Å². The van der Waals surface area contributed by atoms with Gasteiger partial charge in [-0.1, -0.05) is 23.7 Å². The molecular weight excluding hydrogens is 366 g/mol. The number of nitrogens with zero attached hydrogens (tertiary/aromatic N) is 5. The van der Waals surface area contributed by atoms with E-state index in [0.717, 1.165) is 23.9 Å². The van der Waals surface area contributed by atoms with Gasteiger partial charge in [-0.05, 0) is 44.9 Å². The van der Waals surface area contributed by atoms with Crippen LogP contribution in [-0.4, -0.2) is 24.1 Å². The second kappa shape index (κ2) is 5.42. The van der Waals surface area contributed by atoms with E-state index < -0.39 is 0 Å². The van der Waals surface area contributed by atoms with Crippen LogP contribution in [-0.2, 0) is 5.41 Å². The van der Waals surface area contributed by atoms with E-state index in [0.29, 0.717) is 22.1 Å². The van der Waals surface area contributed by atoms with Crippen molar-refractivity contribution in [2.75, 3.05) is 0 Å². The Morgan fingerprint density at radius 3 is 2.74 bits per heavy atom. The van der Waals surface area contributed by atoms with Crippen LogP contribution >= 0.6 is 11.6 Å². The lowest BCUT2D eigenvalue weighted by atomic mass is 10.1. The first kappa shape index (κ1) is 16.5. The highest BCUT2D eigenvalue weighted by Gasteiger charge is 2.43. The zero-order valence-corrected chi connectivity index (χ0v) is 16.0. The van der Waals surface area contributed by atoms with Crippen molar-refractivity contribution >= 4 is 28.2 Å². The molecule has 0 unspecified atom stereocenters. The quantitative estimate of drug-likeness (QED) is 0.534. The molecule has 8 heteroatoms. The summed E-state index contributed by atoms with van der Waals surface area (Å²) < 4.78 is 8.96. The van der Waals surface area contributed by atoms with Gasteiger partial charge >= 0.3 is 0 Å². The molecule has 5 rings (SSSR count). The van der Waals surface area contributed by atoms with Gasteiger partial charge < -0.3 is 9.09 Å². The summed E-state index contributed by atoms with van der Waals surface area (Å²) >= 11 is 6.18. The van der Waals surface area contributed by atoms with Crippen LogP contribution in [0, 0.1) is 0 Å². The van der Waals surface area contributed by atoms with Gasteiger partial charge in [-0.2, -0.15) is 4.98 Å². The Morgan fingerprint density at radius 1 is 1.26 bits per heavy atom. The van der Waals surface area contributed by atoms with E-state index in [1.807, 2.05) is 19.9 Å². The fourth-order valence-electron chi connectivity index (χ4n) is 3.50. The van der Waals surface area contributed by atoms with Crippen LogP contribution in [0.3, 0.4) is 0 Å². The minimum atomic E-state index is -0.162. The minimum absolute atomic E-state index is 0.0150. The number of imidazole rings is 1. The molecule has 0 radical (unpaired) electrons.